The minimum Gasteiger partial charge on any atom is -0.486 e. The molecule has 0 atom stereocenters. The van der Waals surface area contributed by atoms with Gasteiger partial charge in [0.2, 0.25) is 0 Å². The van der Waals surface area contributed by atoms with Crippen molar-refractivity contribution in [3.05, 3.63) is 25.0 Å². The first-order chi connectivity index (χ1) is 6.22. The molecule has 13 heavy (non-hydrogen) atoms. The van der Waals surface area contributed by atoms with E-state index in [0.717, 1.165) is 0 Å². The van der Waals surface area contributed by atoms with Gasteiger partial charge in [0.15, 0.2) is 5.75 Å². The molecule has 0 aliphatic heterocycles. The van der Waals surface area contributed by atoms with Crippen LogP contribution in [0.2, 0.25) is 0 Å². The predicted octanol–water partition coefficient (Wildman–Crippen LogP) is 0.532. The van der Waals surface area contributed by atoms with Crippen LogP contribution in [0.25, 0.3) is 0 Å². The SMILES string of the molecule is C=CCOc1cnn(CC(=O)O)c1. The van der Waals surface area contributed by atoms with Crippen molar-refractivity contribution in [3.63, 3.8) is 0 Å². The fourth-order valence-electron chi connectivity index (χ4n) is 0.799. The van der Waals surface area contributed by atoms with Crippen LogP contribution < -0.4 is 4.74 Å². The smallest absolute Gasteiger partial charge is 0.325 e. The number of aromatic nitrogens is 2. The summed E-state index contributed by atoms with van der Waals surface area (Å²) in [5, 5.41) is 12.2. The van der Waals surface area contributed by atoms with Crippen molar-refractivity contribution in [2.45, 2.75) is 6.54 Å². The number of carboxylic acid groups (broad SMARTS) is 1. The van der Waals surface area contributed by atoms with E-state index in [1.807, 2.05) is 0 Å². The molecule has 1 N–H and O–H groups in total. The topological polar surface area (TPSA) is 64.4 Å². The lowest BCUT2D eigenvalue weighted by Gasteiger charge is -1.96. The lowest BCUT2D eigenvalue weighted by Crippen LogP contribution is -2.08. The van der Waals surface area contributed by atoms with Crippen LogP contribution in [0.1, 0.15) is 0 Å². The summed E-state index contributed by atoms with van der Waals surface area (Å²) in [5.74, 6) is -0.389. The van der Waals surface area contributed by atoms with Gasteiger partial charge in [0.1, 0.15) is 13.2 Å². The Labute approximate surface area is 75.2 Å². The van der Waals surface area contributed by atoms with Gasteiger partial charge >= 0.3 is 5.97 Å². The van der Waals surface area contributed by atoms with Crippen LogP contribution in [-0.2, 0) is 11.3 Å². The van der Waals surface area contributed by atoms with Gasteiger partial charge in [0.25, 0.3) is 0 Å². The normalized spacial score (nSPS) is 9.54. The van der Waals surface area contributed by atoms with E-state index in [2.05, 4.69) is 11.7 Å². The summed E-state index contributed by atoms with van der Waals surface area (Å²) in [7, 11) is 0. The summed E-state index contributed by atoms with van der Waals surface area (Å²) >= 11 is 0. The fourth-order valence-corrected chi connectivity index (χ4v) is 0.799. The summed E-state index contributed by atoms with van der Waals surface area (Å²) in [6, 6.07) is 0. The molecule has 0 radical (unpaired) electrons. The number of aliphatic carboxylic acids is 1. The fraction of sp³-hybridized carbons (Fsp3) is 0.250. The summed E-state index contributed by atoms with van der Waals surface area (Å²) in [5.41, 5.74) is 0. The Morgan fingerprint density at radius 3 is 3.23 bits per heavy atom. The molecule has 5 heteroatoms. The van der Waals surface area contributed by atoms with Crippen LogP contribution in [0, 0.1) is 0 Å². The van der Waals surface area contributed by atoms with E-state index in [0.29, 0.717) is 12.4 Å². The Bertz CT molecular complexity index is 306. The van der Waals surface area contributed by atoms with E-state index < -0.39 is 5.97 Å². The standard InChI is InChI=1S/C8H10N2O3/c1-2-3-13-7-4-9-10(5-7)6-8(11)12/h2,4-5H,1,3,6H2,(H,11,12). The highest BCUT2D eigenvalue weighted by molar-refractivity contribution is 5.66. The van der Waals surface area contributed by atoms with Crippen molar-refractivity contribution in [2.75, 3.05) is 6.61 Å². The highest BCUT2D eigenvalue weighted by atomic mass is 16.5. The third-order valence-electron chi connectivity index (χ3n) is 1.27. The first-order valence-corrected chi connectivity index (χ1v) is 3.70. The van der Waals surface area contributed by atoms with Gasteiger partial charge in [-0.25, -0.2) is 0 Å². The summed E-state index contributed by atoms with van der Waals surface area (Å²) in [6.45, 7) is 3.72. The average Bonchev–Trinajstić information content (AvgIpc) is 2.48. The molecule has 1 aromatic heterocycles. The second-order valence-electron chi connectivity index (χ2n) is 2.37. The van der Waals surface area contributed by atoms with Gasteiger partial charge in [-0.05, 0) is 0 Å². The molecule has 0 aliphatic rings. The van der Waals surface area contributed by atoms with Gasteiger partial charge in [-0.1, -0.05) is 12.7 Å². The molecule has 70 valence electrons. The Balaban J connectivity index is 2.53. The molecule has 0 bridgehead atoms. The maximum Gasteiger partial charge on any atom is 0.325 e. The number of nitrogens with zero attached hydrogens (tertiary/aromatic N) is 2. The first-order valence-electron chi connectivity index (χ1n) is 3.70. The highest BCUT2D eigenvalue weighted by Gasteiger charge is 2.01. The molecule has 0 aliphatic carbocycles. The first kappa shape index (κ1) is 9.31. The Kier molecular flexibility index (Phi) is 3.08. The molecule has 1 rings (SSSR count). The van der Waals surface area contributed by atoms with Crippen LogP contribution in [0.5, 0.6) is 5.75 Å². The zero-order chi connectivity index (χ0) is 9.68. The molecule has 0 aromatic carbocycles. The molecule has 1 aromatic rings. The summed E-state index contributed by atoms with van der Waals surface area (Å²) < 4.78 is 6.42. The lowest BCUT2D eigenvalue weighted by atomic mass is 10.6. The molecule has 0 amide bonds. The van der Waals surface area contributed by atoms with Gasteiger partial charge in [-0.2, -0.15) is 5.10 Å². The molecule has 0 saturated carbocycles. The predicted molar refractivity (Wildman–Crippen MR) is 45.6 cm³/mol. The molecular formula is C8H10N2O3. The quantitative estimate of drug-likeness (QED) is 0.675. The van der Waals surface area contributed by atoms with Crippen molar-refractivity contribution in [1.29, 1.82) is 0 Å². The number of hydrogen-bond donors (Lipinski definition) is 1. The molecule has 0 fully saturated rings. The van der Waals surface area contributed by atoms with E-state index >= 15 is 0 Å². The minimum atomic E-state index is -0.932. The van der Waals surface area contributed by atoms with Crippen molar-refractivity contribution in [1.82, 2.24) is 9.78 Å². The van der Waals surface area contributed by atoms with E-state index in [1.165, 1.54) is 17.1 Å². The minimum absolute atomic E-state index is 0.155. The lowest BCUT2D eigenvalue weighted by molar-refractivity contribution is -0.137. The molecule has 0 saturated heterocycles. The van der Waals surface area contributed by atoms with Crippen LogP contribution >= 0.6 is 0 Å². The maximum atomic E-state index is 10.3. The second kappa shape index (κ2) is 4.30. The van der Waals surface area contributed by atoms with E-state index in [9.17, 15) is 4.79 Å². The zero-order valence-electron chi connectivity index (χ0n) is 7.01. The Hall–Kier alpha value is -1.78. The summed E-state index contributed by atoms with van der Waals surface area (Å²) in [6.07, 6.45) is 4.60. The Morgan fingerprint density at radius 1 is 1.85 bits per heavy atom. The van der Waals surface area contributed by atoms with E-state index in [1.54, 1.807) is 6.08 Å². The van der Waals surface area contributed by atoms with Crippen LogP contribution in [0.3, 0.4) is 0 Å². The van der Waals surface area contributed by atoms with E-state index in [-0.39, 0.29) is 6.54 Å². The molecule has 0 unspecified atom stereocenters. The molecule has 5 nitrogen and oxygen atoms in total. The summed E-state index contributed by atoms with van der Waals surface area (Å²) in [4.78, 5) is 10.3. The molecule has 1 heterocycles. The number of carbonyl (C=O) groups is 1. The number of carboxylic acids is 1. The van der Waals surface area contributed by atoms with Gasteiger partial charge < -0.3 is 9.84 Å². The third kappa shape index (κ3) is 2.98. The van der Waals surface area contributed by atoms with Crippen molar-refractivity contribution in [3.8, 4) is 5.75 Å². The number of hydrogen-bond acceptors (Lipinski definition) is 3. The monoisotopic (exact) mass is 182 g/mol. The van der Waals surface area contributed by atoms with Gasteiger partial charge in [-0.3, -0.25) is 9.48 Å². The van der Waals surface area contributed by atoms with Crippen molar-refractivity contribution in [2.24, 2.45) is 0 Å². The van der Waals surface area contributed by atoms with Crippen LogP contribution in [0.15, 0.2) is 25.0 Å². The van der Waals surface area contributed by atoms with E-state index in [4.69, 9.17) is 9.84 Å². The average molecular weight is 182 g/mol. The van der Waals surface area contributed by atoms with Crippen LogP contribution in [-0.4, -0.2) is 27.5 Å². The number of rotatable bonds is 5. The Morgan fingerprint density at radius 2 is 2.62 bits per heavy atom. The van der Waals surface area contributed by atoms with Crippen molar-refractivity contribution < 1.29 is 14.6 Å². The highest BCUT2D eigenvalue weighted by Crippen LogP contribution is 2.07. The van der Waals surface area contributed by atoms with Crippen molar-refractivity contribution >= 4 is 5.97 Å². The maximum absolute atomic E-state index is 10.3. The van der Waals surface area contributed by atoms with Crippen LogP contribution in [0.4, 0.5) is 0 Å². The third-order valence-corrected chi connectivity index (χ3v) is 1.27. The molecule has 0 spiro atoms. The van der Waals surface area contributed by atoms with Gasteiger partial charge in [0, 0.05) is 0 Å². The number of ether oxygens (including phenoxy) is 1. The molecular weight excluding hydrogens is 172 g/mol. The van der Waals surface area contributed by atoms with Gasteiger partial charge in [-0.15, -0.1) is 0 Å². The van der Waals surface area contributed by atoms with Gasteiger partial charge in [0.05, 0.1) is 12.4 Å². The largest absolute Gasteiger partial charge is 0.486 e. The second-order valence-corrected chi connectivity index (χ2v) is 2.37. The zero-order valence-corrected chi connectivity index (χ0v) is 7.01.